The minimum atomic E-state index is -3.64. The molecule has 1 aromatic heterocycles. The van der Waals surface area contributed by atoms with Gasteiger partial charge in [-0.1, -0.05) is 19.1 Å². The molecule has 0 unspecified atom stereocenters. The Morgan fingerprint density at radius 1 is 1.28 bits per heavy atom. The first kappa shape index (κ1) is 19.4. The Hall–Kier alpha value is -1.97. The molecule has 2 rings (SSSR count). The minimum Gasteiger partial charge on any atom is -0.356 e. The van der Waals surface area contributed by atoms with E-state index in [1.807, 2.05) is 6.20 Å². The van der Waals surface area contributed by atoms with Crippen LogP contribution in [0.3, 0.4) is 0 Å². The summed E-state index contributed by atoms with van der Waals surface area (Å²) in [6.07, 6.45) is 3.64. The van der Waals surface area contributed by atoms with Crippen LogP contribution in [0.25, 0.3) is 0 Å². The predicted octanol–water partition coefficient (Wildman–Crippen LogP) is 1.26. The highest BCUT2D eigenvalue weighted by Crippen LogP contribution is 2.12. The van der Waals surface area contributed by atoms with Crippen molar-refractivity contribution in [3.8, 4) is 0 Å². The van der Waals surface area contributed by atoms with E-state index in [0.29, 0.717) is 19.0 Å². The van der Waals surface area contributed by atoms with Crippen molar-refractivity contribution in [2.45, 2.75) is 31.2 Å². The van der Waals surface area contributed by atoms with Crippen LogP contribution in [0, 0.1) is 0 Å². The van der Waals surface area contributed by atoms with E-state index in [4.69, 9.17) is 5.14 Å². The van der Waals surface area contributed by atoms with E-state index in [-0.39, 0.29) is 4.90 Å². The number of benzene rings is 1. The molecule has 0 radical (unpaired) electrons. The summed E-state index contributed by atoms with van der Waals surface area (Å²) in [5.41, 5.74) is 1.02. The normalized spacial score (nSPS) is 12.2. The van der Waals surface area contributed by atoms with Gasteiger partial charge in [0.2, 0.25) is 10.0 Å². The summed E-state index contributed by atoms with van der Waals surface area (Å²) >= 11 is 1.69. The van der Waals surface area contributed by atoms with Gasteiger partial charge in [-0.3, -0.25) is 4.99 Å². The van der Waals surface area contributed by atoms with Crippen molar-refractivity contribution < 1.29 is 8.42 Å². The van der Waals surface area contributed by atoms with Crippen LogP contribution in [-0.4, -0.2) is 33.0 Å². The van der Waals surface area contributed by atoms with E-state index >= 15 is 0 Å². The summed E-state index contributed by atoms with van der Waals surface area (Å²) in [7, 11) is -1.92. The number of aromatic nitrogens is 1. The highest BCUT2D eigenvalue weighted by Gasteiger charge is 2.07. The van der Waals surface area contributed by atoms with Gasteiger partial charge in [0.25, 0.3) is 0 Å². The summed E-state index contributed by atoms with van der Waals surface area (Å²) in [6.45, 7) is 3.42. The third kappa shape index (κ3) is 6.11. The van der Waals surface area contributed by atoms with Crippen molar-refractivity contribution in [3.63, 3.8) is 0 Å². The molecule has 0 aliphatic carbocycles. The molecule has 0 aliphatic heterocycles. The highest BCUT2D eigenvalue weighted by atomic mass is 32.2. The Kier molecular flexibility index (Phi) is 6.91. The van der Waals surface area contributed by atoms with Gasteiger partial charge in [0.05, 0.1) is 11.4 Å². The molecular formula is C16H23N5O2S2. The number of hydrogen-bond acceptors (Lipinski definition) is 5. The lowest BCUT2D eigenvalue weighted by atomic mass is 10.1. The average Bonchev–Trinajstić information content (AvgIpc) is 3.05. The lowest BCUT2D eigenvalue weighted by molar-refractivity contribution is 0.598. The molecule has 0 spiro atoms. The first-order valence-electron chi connectivity index (χ1n) is 7.92. The number of rotatable bonds is 7. The van der Waals surface area contributed by atoms with Crippen molar-refractivity contribution >= 4 is 27.3 Å². The second-order valence-corrected chi connectivity index (χ2v) is 8.13. The lowest BCUT2D eigenvalue weighted by Gasteiger charge is -2.11. The number of hydrogen-bond donors (Lipinski definition) is 3. The molecule has 2 aromatic rings. The van der Waals surface area contributed by atoms with Crippen molar-refractivity contribution in [2.24, 2.45) is 10.1 Å². The summed E-state index contributed by atoms with van der Waals surface area (Å²) in [5, 5.41) is 12.6. The van der Waals surface area contributed by atoms with Crippen LogP contribution in [0.5, 0.6) is 0 Å². The highest BCUT2D eigenvalue weighted by molar-refractivity contribution is 7.89. The van der Waals surface area contributed by atoms with E-state index in [1.165, 1.54) is 17.0 Å². The van der Waals surface area contributed by atoms with Crippen molar-refractivity contribution in [1.82, 2.24) is 15.6 Å². The van der Waals surface area contributed by atoms with Gasteiger partial charge in [-0.25, -0.2) is 18.5 Å². The number of nitrogens with one attached hydrogen (secondary N) is 2. The Balaban J connectivity index is 1.79. The average molecular weight is 382 g/mol. The molecule has 0 amide bonds. The Labute approximate surface area is 152 Å². The van der Waals surface area contributed by atoms with Gasteiger partial charge in [-0.2, -0.15) is 0 Å². The van der Waals surface area contributed by atoms with Crippen LogP contribution in [0.1, 0.15) is 22.4 Å². The van der Waals surface area contributed by atoms with Gasteiger partial charge in [0.1, 0.15) is 5.01 Å². The molecule has 7 nitrogen and oxygen atoms in total. The third-order valence-corrected chi connectivity index (χ3v) is 5.61. The standard InChI is InChI=1S/C16H23N5O2S2/c1-3-13-10-20-15(24-13)11-21-16(18-2)19-9-8-12-4-6-14(7-5-12)25(17,22)23/h4-7,10H,3,8-9,11H2,1-2H3,(H2,17,22,23)(H2,18,19,21). The van der Waals surface area contributed by atoms with Crippen molar-refractivity contribution in [1.29, 1.82) is 0 Å². The van der Waals surface area contributed by atoms with Gasteiger partial charge in [-0.05, 0) is 30.5 Å². The molecule has 0 aliphatic rings. The molecule has 1 aromatic carbocycles. The van der Waals surface area contributed by atoms with Crippen LogP contribution >= 0.6 is 11.3 Å². The fourth-order valence-corrected chi connectivity index (χ4v) is 3.46. The Bertz CT molecular complexity index is 813. The van der Waals surface area contributed by atoms with Gasteiger partial charge in [0.15, 0.2) is 5.96 Å². The van der Waals surface area contributed by atoms with E-state index in [2.05, 4.69) is 27.5 Å². The smallest absolute Gasteiger partial charge is 0.238 e. The second-order valence-electron chi connectivity index (χ2n) is 5.37. The van der Waals surface area contributed by atoms with Gasteiger partial charge in [-0.15, -0.1) is 11.3 Å². The molecular weight excluding hydrogens is 358 g/mol. The number of primary sulfonamides is 1. The monoisotopic (exact) mass is 381 g/mol. The van der Waals surface area contributed by atoms with E-state index in [9.17, 15) is 8.42 Å². The fraction of sp³-hybridized carbons (Fsp3) is 0.375. The van der Waals surface area contributed by atoms with Crippen LogP contribution < -0.4 is 15.8 Å². The minimum absolute atomic E-state index is 0.122. The molecule has 0 bridgehead atoms. The molecule has 9 heteroatoms. The summed E-state index contributed by atoms with van der Waals surface area (Å²) < 4.78 is 22.5. The maximum Gasteiger partial charge on any atom is 0.238 e. The quantitative estimate of drug-likeness (QED) is 0.494. The van der Waals surface area contributed by atoms with Gasteiger partial charge >= 0.3 is 0 Å². The topological polar surface area (TPSA) is 109 Å². The summed E-state index contributed by atoms with van der Waals surface area (Å²) in [6, 6.07) is 6.57. The van der Waals surface area contributed by atoms with Crippen molar-refractivity contribution in [3.05, 3.63) is 45.9 Å². The molecule has 0 atom stereocenters. The number of sulfonamides is 1. The Morgan fingerprint density at radius 2 is 2.00 bits per heavy atom. The zero-order valence-electron chi connectivity index (χ0n) is 14.3. The molecule has 0 fully saturated rings. The molecule has 0 saturated carbocycles. The number of aryl methyl sites for hydroxylation is 1. The van der Waals surface area contributed by atoms with Gasteiger partial charge in [0, 0.05) is 24.7 Å². The van der Waals surface area contributed by atoms with E-state index < -0.39 is 10.0 Å². The largest absolute Gasteiger partial charge is 0.356 e. The van der Waals surface area contributed by atoms with Crippen LogP contribution in [0.4, 0.5) is 0 Å². The van der Waals surface area contributed by atoms with Crippen LogP contribution in [0.2, 0.25) is 0 Å². The number of thiazole rings is 1. The van der Waals surface area contributed by atoms with Crippen molar-refractivity contribution in [2.75, 3.05) is 13.6 Å². The first-order valence-corrected chi connectivity index (χ1v) is 10.3. The zero-order valence-corrected chi connectivity index (χ0v) is 16.0. The maximum absolute atomic E-state index is 11.2. The molecule has 136 valence electrons. The number of nitrogens with two attached hydrogens (primary N) is 1. The Morgan fingerprint density at radius 3 is 2.56 bits per heavy atom. The molecule has 0 saturated heterocycles. The number of aliphatic imine (C=N–C) groups is 1. The van der Waals surface area contributed by atoms with E-state index in [0.717, 1.165) is 23.4 Å². The lowest BCUT2D eigenvalue weighted by Crippen LogP contribution is -2.37. The van der Waals surface area contributed by atoms with E-state index in [1.54, 1.807) is 30.5 Å². The third-order valence-electron chi connectivity index (χ3n) is 3.54. The predicted molar refractivity (Wildman–Crippen MR) is 101 cm³/mol. The van der Waals surface area contributed by atoms with Gasteiger partial charge < -0.3 is 10.6 Å². The maximum atomic E-state index is 11.2. The van der Waals surface area contributed by atoms with Crippen LogP contribution in [0.15, 0.2) is 40.4 Å². The summed E-state index contributed by atoms with van der Waals surface area (Å²) in [5.74, 6) is 0.703. The molecule has 4 N–H and O–H groups in total. The number of nitrogens with zero attached hydrogens (tertiary/aromatic N) is 2. The summed E-state index contributed by atoms with van der Waals surface area (Å²) in [4.78, 5) is 9.93. The zero-order chi connectivity index (χ0) is 18.3. The number of guanidine groups is 1. The fourth-order valence-electron chi connectivity index (χ4n) is 2.14. The SMILES string of the molecule is CCc1cnc(CNC(=NC)NCCc2ccc(S(N)(=O)=O)cc2)s1. The molecule has 25 heavy (non-hydrogen) atoms. The van der Waals surface area contributed by atoms with Crippen LogP contribution in [-0.2, 0) is 29.4 Å². The second kappa shape index (κ2) is 8.93. The molecule has 1 heterocycles. The first-order chi connectivity index (χ1) is 11.9.